The highest BCUT2D eigenvalue weighted by Crippen LogP contribution is 2.44. The number of aromatic hydroxyl groups is 1. The highest BCUT2D eigenvalue weighted by atomic mass is 16.5. The lowest BCUT2D eigenvalue weighted by Gasteiger charge is -2.43. The molecular weight excluding hydrogens is 422 g/mol. The maximum atomic E-state index is 11.7. The van der Waals surface area contributed by atoms with Crippen LogP contribution >= 0.6 is 0 Å². The zero-order chi connectivity index (χ0) is 24.3. The van der Waals surface area contributed by atoms with E-state index in [1.807, 2.05) is 12.1 Å². The highest BCUT2D eigenvalue weighted by molar-refractivity contribution is 5.80. The fourth-order valence-corrected chi connectivity index (χ4v) is 5.35. The average Bonchev–Trinajstić information content (AvgIpc) is 3.30. The fraction of sp³-hybridized carbons (Fsp3) is 0.367. The van der Waals surface area contributed by atoms with Gasteiger partial charge < -0.3 is 9.84 Å². The summed E-state index contributed by atoms with van der Waals surface area (Å²) in [5.74, 6) is 0.0797. The molecule has 0 saturated carbocycles. The molecule has 4 rings (SSSR count). The number of aldehydes is 1. The summed E-state index contributed by atoms with van der Waals surface area (Å²) >= 11 is 0. The maximum Gasteiger partial charge on any atom is 0.153 e. The van der Waals surface area contributed by atoms with Crippen molar-refractivity contribution in [1.29, 1.82) is 0 Å². The van der Waals surface area contributed by atoms with E-state index in [0.29, 0.717) is 12.1 Å². The van der Waals surface area contributed by atoms with Gasteiger partial charge in [0.1, 0.15) is 11.4 Å². The number of ether oxygens (including phenoxy) is 1. The van der Waals surface area contributed by atoms with Crippen LogP contribution in [0.25, 0.3) is 0 Å². The predicted molar refractivity (Wildman–Crippen MR) is 136 cm³/mol. The van der Waals surface area contributed by atoms with Crippen molar-refractivity contribution in [3.05, 3.63) is 101 Å². The molecule has 0 unspecified atom stereocenters. The van der Waals surface area contributed by atoms with Crippen molar-refractivity contribution in [2.24, 2.45) is 0 Å². The Morgan fingerprint density at radius 2 is 1.56 bits per heavy atom. The Labute approximate surface area is 203 Å². The Kier molecular flexibility index (Phi) is 6.92. The number of carbonyl (C=O) groups excluding carboxylic acids is 1. The van der Waals surface area contributed by atoms with E-state index in [9.17, 15) is 9.90 Å². The molecule has 4 nitrogen and oxygen atoms in total. The van der Waals surface area contributed by atoms with E-state index in [1.165, 1.54) is 0 Å². The van der Waals surface area contributed by atoms with E-state index in [0.717, 1.165) is 47.9 Å². The topological polar surface area (TPSA) is 49.8 Å². The number of rotatable bonds is 7. The van der Waals surface area contributed by atoms with Crippen LogP contribution in [0.3, 0.4) is 0 Å². The monoisotopic (exact) mass is 457 g/mol. The molecule has 0 spiro atoms. The lowest BCUT2D eigenvalue weighted by Crippen LogP contribution is -2.49. The van der Waals surface area contributed by atoms with Gasteiger partial charge in [0.15, 0.2) is 6.29 Å². The van der Waals surface area contributed by atoms with Crippen LogP contribution in [0.15, 0.2) is 72.8 Å². The molecule has 0 radical (unpaired) electrons. The third-order valence-electron chi connectivity index (χ3n) is 7.14. The second-order valence-electron chi connectivity index (χ2n) is 10.2. The lowest BCUT2D eigenvalue weighted by atomic mass is 9.78. The number of phenolic OH excluding ortho intramolecular Hbond substituents is 1. The Hall–Kier alpha value is -2.95. The van der Waals surface area contributed by atoms with Crippen LogP contribution in [-0.4, -0.2) is 36.0 Å². The van der Waals surface area contributed by atoms with Crippen molar-refractivity contribution in [1.82, 2.24) is 4.90 Å². The van der Waals surface area contributed by atoms with Crippen LogP contribution in [0.5, 0.6) is 5.75 Å². The molecule has 0 aromatic heterocycles. The van der Waals surface area contributed by atoms with Crippen molar-refractivity contribution in [3.8, 4) is 5.75 Å². The van der Waals surface area contributed by atoms with Gasteiger partial charge in [-0.2, -0.15) is 0 Å². The molecule has 1 saturated heterocycles. The molecular formula is C30H35NO3. The number of hydrogen-bond donors (Lipinski definition) is 1. The van der Waals surface area contributed by atoms with Crippen LogP contribution in [-0.2, 0) is 22.3 Å². The SMILES string of the molecule is COC(c1ccccc1)(c1ccccc1)[C@@H]1CCCN1Cc1cc(C(C)(C)C)cc(C=O)c1O. The molecule has 1 aliphatic rings. The number of nitrogens with zero attached hydrogens (tertiary/aromatic N) is 1. The molecule has 0 amide bonds. The summed E-state index contributed by atoms with van der Waals surface area (Å²) in [6.45, 7) is 7.81. The minimum absolute atomic E-state index is 0.0691. The molecule has 0 aliphatic carbocycles. The second-order valence-corrected chi connectivity index (χ2v) is 10.2. The number of methoxy groups -OCH3 is 1. The average molecular weight is 458 g/mol. The van der Waals surface area contributed by atoms with E-state index in [2.05, 4.69) is 80.3 Å². The van der Waals surface area contributed by atoms with Crippen LogP contribution < -0.4 is 0 Å². The van der Waals surface area contributed by atoms with E-state index in [1.54, 1.807) is 13.2 Å². The molecule has 34 heavy (non-hydrogen) atoms. The number of benzene rings is 3. The minimum Gasteiger partial charge on any atom is -0.507 e. The van der Waals surface area contributed by atoms with Crippen molar-refractivity contribution >= 4 is 6.29 Å². The normalized spacial score (nSPS) is 17.1. The van der Waals surface area contributed by atoms with Gasteiger partial charge in [-0.3, -0.25) is 9.69 Å². The van der Waals surface area contributed by atoms with E-state index in [-0.39, 0.29) is 17.2 Å². The van der Waals surface area contributed by atoms with Crippen molar-refractivity contribution < 1.29 is 14.6 Å². The van der Waals surface area contributed by atoms with Gasteiger partial charge in [0.05, 0.1) is 5.56 Å². The molecule has 0 bridgehead atoms. The highest BCUT2D eigenvalue weighted by Gasteiger charge is 2.47. The van der Waals surface area contributed by atoms with E-state index in [4.69, 9.17) is 4.74 Å². The predicted octanol–water partition coefficient (Wildman–Crippen LogP) is 6.06. The summed E-state index contributed by atoms with van der Waals surface area (Å²) in [5.41, 5.74) is 3.62. The van der Waals surface area contributed by atoms with Gasteiger partial charge in [-0.1, -0.05) is 87.5 Å². The second kappa shape index (κ2) is 9.73. The van der Waals surface area contributed by atoms with Gasteiger partial charge in [-0.05, 0) is 47.6 Å². The Bertz CT molecular complexity index is 1080. The summed E-state index contributed by atoms with van der Waals surface area (Å²) in [7, 11) is 1.79. The first-order valence-electron chi connectivity index (χ1n) is 12.0. The Morgan fingerprint density at radius 1 is 0.971 bits per heavy atom. The first kappa shape index (κ1) is 24.2. The largest absolute Gasteiger partial charge is 0.507 e. The van der Waals surface area contributed by atoms with Gasteiger partial charge in [0, 0.05) is 25.3 Å². The van der Waals surface area contributed by atoms with Crippen LogP contribution in [0.4, 0.5) is 0 Å². The first-order chi connectivity index (χ1) is 16.3. The van der Waals surface area contributed by atoms with Crippen molar-refractivity contribution in [3.63, 3.8) is 0 Å². The van der Waals surface area contributed by atoms with Gasteiger partial charge in [-0.15, -0.1) is 0 Å². The molecule has 3 aromatic carbocycles. The molecule has 3 aromatic rings. The van der Waals surface area contributed by atoms with Gasteiger partial charge in [0.25, 0.3) is 0 Å². The van der Waals surface area contributed by atoms with Crippen LogP contribution in [0.2, 0.25) is 0 Å². The third-order valence-corrected chi connectivity index (χ3v) is 7.14. The molecule has 1 fully saturated rings. The maximum absolute atomic E-state index is 11.7. The standard InChI is InChI=1S/C30H35NO3/c1-29(2,3)26-18-22(28(33)23(19-26)21-32)20-31-17-11-16-27(31)30(34-4,24-12-7-5-8-13-24)25-14-9-6-10-15-25/h5-10,12-15,18-19,21,27,33H,11,16-17,20H2,1-4H3/t27-/m0/s1. The quantitative estimate of drug-likeness (QED) is 0.438. The summed E-state index contributed by atoms with van der Waals surface area (Å²) in [6, 6.07) is 24.7. The summed E-state index contributed by atoms with van der Waals surface area (Å²) in [4.78, 5) is 14.1. The summed E-state index contributed by atoms with van der Waals surface area (Å²) in [6.07, 6.45) is 2.76. The molecule has 4 heteroatoms. The minimum atomic E-state index is -0.649. The number of carbonyl (C=O) groups is 1. The van der Waals surface area contributed by atoms with E-state index >= 15 is 0 Å². The number of hydrogen-bond acceptors (Lipinski definition) is 4. The van der Waals surface area contributed by atoms with Crippen LogP contribution in [0.1, 0.15) is 66.2 Å². The Morgan fingerprint density at radius 3 is 2.06 bits per heavy atom. The summed E-state index contributed by atoms with van der Waals surface area (Å²) in [5, 5.41) is 10.9. The number of likely N-dealkylation sites (tertiary alicyclic amines) is 1. The van der Waals surface area contributed by atoms with Crippen molar-refractivity contribution in [2.45, 2.75) is 57.2 Å². The molecule has 1 heterocycles. The third kappa shape index (κ3) is 4.40. The van der Waals surface area contributed by atoms with Crippen LogP contribution in [0, 0.1) is 0 Å². The molecule has 1 aliphatic heterocycles. The zero-order valence-corrected chi connectivity index (χ0v) is 20.6. The zero-order valence-electron chi connectivity index (χ0n) is 20.6. The smallest absolute Gasteiger partial charge is 0.153 e. The first-order valence-corrected chi connectivity index (χ1v) is 12.0. The van der Waals surface area contributed by atoms with Gasteiger partial charge in [0.2, 0.25) is 0 Å². The van der Waals surface area contributed by atoms with Gasteiger partial charge in [-0.25, -0.2) is 0 Å². The van der Waals surface area contributed by atoms with Crippen molar-refractivity contribution in [2.75, 3.05) is 13.7 Å². The number of phenols is 1. The van der Waals surface area contributed by atoms with Gasteiger partial charge >= 0.3 is 0 Å². The van der Waals surface area contributed by atoms with E-state index < -0.39 is 5.60 Å². The molecule has 1 atom stereocenters. The fourth-order valence-electron chi connectivity index (χ4n) is 5.35. The summed E-state index contributed by atoms with van der Waals surface area (Å²) < 4.78 is 6.45. The molecule has 1 N–H and O–H groups in total. The Balaban J connectivity index is 1.80. The molecule has 178 valence electrons. The lowest BCUT2D eigenvalue weighted by molar-refractivity contribution is -0.0442.